The van der Waals surface area contributed by atoms with Crippen LogP contribution in [0.25, 0.3) is 11.2 Å². The number of fused-ring (bicyclic) bond motifs is 2. The van der Waals surface area contributed by atoms with Gasteiger partial charge in [-0.1, -0.05) is 11.1 Å². The number of oxime groups is 1. The van der Waals surface area contributed by atoms with Crippen molar-refractivity contribution in [2.24, 2.45) is 10.9 Å². The molecule has 2 aromatic rings. The van der Waals surface area contributed by atoms with Crippen molar-refractivity contribution in [2.45, 2.75) is 58.0 Å². The minimum atomic E-state index is -0.828. The average molecular weight is 372 g/mol. The van der Waals surface area contributed by atoms with Crippen molar-refractivity contribution < 1.29 is 19.4 Å². The molecule has 3 N–H and O–H groups in total. The Morgan fingerprint density at radius 3 is 2.78 bits per heavy atom. The number of imidazole rings is 1. The van der Waals surface area contributed by atoms with E-state index in [0.29, 0.717) is 22.7 Å². The van der Waals surface area contributed by atoms with Gasteiger partial charge < -0.3 is 25.2 Å². The molecule has 4 heterocycles. The Morgan fingerprint density at radius 1 is 1.33 bits per heavy atom. The molecule has 4 rings (SSSR count). The second kappa shape index (κ2) is 6.16. The Morgan fingerprint density at radius 2 is 2.07 bits per heavy atom. The number of ether oxygens (including phenoxy) is 3. The van der Waals surface area contributed by atoms with Crippen LogP contribution in [0.1, 0.15) is 38.5 Å². The van der Waals surface area contributed by atoms with Gasteiger partial charge in [-0.25, -0.2) is 15.0 Å². The van der Waals surface area contributed by atoms with E-state index in [0.717, 1.165) is 0 Å². The van der Waals surface area contributed by atoms with Crippen LogP contribution in [0.2, 0.25) is 0 Å². The summed E-state index contributed by atoms with van der Waals surface area (Å²) in [5, 5.41) is 12.2. The van der Waals surface area contributed by atoms with Crippen molar-refractivity contribution in [1.82, 2.24) is 19.5 Å². The van der Waals surface area contributed by atoms with Crippen LogP contribution in [0.15, 0.2) is 11.5 Å². The van der Waals surface area contributed by atoms with Gasteiger partial charge in [-0.15, -0.1) is 0 Å². The maximum atomic E-state index is 9.10. The quantitative estimate of drug-likeness (QED) is 0.259. The van der Waals surface area contributed by atoms with Gasteiger partial charge >= 0.3 is 0 Å². The number of rotatable bonds is 2. The van der Waals surface area contributed by atoms with Crippen LogP contribution in [0, 0.1) is 18.8 Å². The van der Waals surface area contributed by atoms with E-state index in [1.165, 1.54) is 0 Å². The third-order valence-electron chi connectivity index (χ3n) is 4.54. The summed E-state index contributed by atoms with van der Waals surface area (Å²) in [6.07, 6.45) is -0.790. The number of hydrogen-bond acceptors (Lipinski definition) is 8. The first-order valence-electron chi connectivity index (χ1n) is 8.47. The largest absolute Gasteiger partial charge is 0.409 e. The highest BCUT2D eigenvalue weighted by Crippen LogP contribution is 2.43. The molecule has 10 heteroatoms. The van der Waals surface area contributed by atoms with Crippen molar-refractivity contribution >= 4 is 17.0 Å². The first-order valence-corrected chi connectivity index (χ1v) is 8.47. The van der Waals surface area contributed by atoms with Gasteiger partial charge in [0.15, 0.2) is 23.5 Å². The standard InChI is InChI=1S/C17H20N6O4/c1-5-6-9-20-8(2)10-15(21-9)23(7-19-10)16-13-11(26-17(3,4)27-13)12(25-16)14(18)22-24/h7,11-13,16,24H,1-4H3,(H2,18,22)/t11-,12-,13?,16+/m0/s1. The summed E-state index contributed by atoms with van der Waals surface area (Å²) >= 11 is 0. The summed E-state index contributed by atoms with van der Waals surface area (Å²) in [6, 6.07) is 0. The van der Waals surface area contributed by atoms with E-state index in [-0.39, 0.29) is 5.84 Å². The van der Waals surface area contributed by atoms with Crippen LogP contribution in [0.3, 0.4) is 0 Å². The predicted octanol–water partition coefficient (Wildman–Crippen LogP) is 0.670. The van der Waals surface area contributed by atoms with Crippen LogP contribution in [-0.2, 0) is 14.2 Å². The SMILES string of the molecule is CC#Cc1nc(C)c2ncn([C@@H]3O[C@H](/C(N)=N\O)[C@@H]4OC(C)(C)OC43)c2n1. The Labute approximate surface area is 155 Å². The topological polar surface area (TPSA) is 130 Å². The van der Waals surface area contributed by atoms with Gasteiger partial charge in [0.1, 0.15) is 23.8 Å². The van der Waals surface area contributed by atoms with Crippen molar-refractivity contribution in [3.8, 4) is 11.8 Å². The third-order valence-corrected chi connectivity index (χ3v) is 4.54. The fraction of sp³-hybridized carbons (Fsp3) is 0.529. The van der Waals surface area contributed by atoms with Gasteiger partial charge in [-0.2, -0.15) is 0 Å². The van der Waals surface area contributed by atoms with Crippen LogP contribution in [0.5, 0.6) is 0 Å². The summed E-state index contributed by atoms with van der Waals surface area (Å²) < 4.78 is 19.7. The van der Waals surface area contributed by atoms with Gasteiger partial charge in [-0.05, 0) is 33.6 Å². The zero-order valence-electron chi connectivity index (χ0n) is 15.4. The normalized spacial score (nSPS) is 29.6. The molecule has 2 fully saturated rings. The second-order valence-corrected chi connectivity index (χ2v) is 6.87. The van der Waals surface area contributed by atoms with Crippen molar-refractivity contribution in [2.75, 3.05) is 0 Å². The van der Waals surface area contributed by atoms with E-state index >= 15 is 0 Å². The van der Waals surface area contributed by atoms with Crippen LogP contribution in [-0.4, -0.2) is 54.7 Å². The fourth-order valence-corrected chi connectivity index (χ4v) is 3.51. The Bertz CT molecular complexity index is 988. The molecule has 10 nitrogen and oxygen atoms in total. The molecule has 27 heavy (non-hydrogen) atoms. The van der Waals surface area contributed by atoms with Crippen molar-refractivity contribution in [1.29, 1.82) is 0 Å². The highest BCUT2D eigenvalue weighted by atomic mass is 16.8. The second-order valence-electron chi connectivity index (χ2n) is 6.87. The molecule has 2 aliphatic rings. The van der Waals surface area contributed by atoms with Gasteiger partial charge in [0, 0.05) is 0 Å². The summed E-state index contributed by atoms with van der Waals surface area (Å²) in [5.41, 5.74) is 7.73. The smallest absolute Gasteiger partial charge is 0.207 e. The number of aromatic nitrogens is 4. The monoisotopic (exact) mass is 372 g/mol. The van der Waals surface area contributed by atoms with Crippen LogP contribution >= 0.6 is 0 Å². The third kappa shape index (κ3) is 2.80. The van der Waals surface area contributed by atoms with E-state index in [1.807, 2.05) is 6.92 Å². The molecule has 0 amide bonds. The van der Waals surface area contributed by atoms with Gasteiger partial charge in [-0.3, -0.25) is 4.57 Å². The highest BCUT2D eigenvalue weighted by Gasteiger charge is 2.57. The van der Waals surface area contributed by atoms with E-state index in [4.69, 9.17) is 25.2 Å². The molecule has 0 saturated carbocycles. The number of amidine groups is 1. The summed E-state index contributed by atoms with van der Waals surface area (Å²) in [4.78, 5) is 13.3. The molecule has 4 atom stereocenters. The lowest BCUT2D eigenvalue weighted by Gasteiger charge is -2.24. The van der Waals surface area contributed by atoms with Crippen molar-refractivity contribution in [3.63, 3.8) is 0 Å². The predicted molar refractivity (Wildman–Crippen MR) is 93.8 cm³/mol. The lowest BCUT2D eigenvalue weighted by Crippen LogP contribution is -2.40. The van der Waals surface area contributed by atoms with E-state index in [2.05, 4.69) is 31.9 Å². The van der Waals surface area contributed by atoms with E-state index in [9.17, 15) is 0 Å². The van der Waals surface area contributed by atoms with Gasteiger partial charge in [0.2, 0.25) is 5.82 Å². The summed E-state index contributed by atoms with van der Waals surface area (Å²) in [7, 11) is 0. The molecule has 0 bridgehead atoms. The number of nitrogens with zero attached hydrogens (tertiary/aromatic N) is 5. The zero-order chi connectivity index (χ0) is 19.3. The number of hydrogen-bond donors (Lipinski definition) is 2. The van der Waals surface area contributed by atoms with E-state index < -0.39 is 30.3 Å². The van der Waals surface area contributed by atoms with Gasteiger partial charge in [0.25, 0.3) is 0 Å². The van der Waals surface area contributed by atoms with Crippen LogP contribution < -0.4 is 5.73 Å². The molecule has 0 aromatic carbocycles. The molecular formula is C17H20N6O4. The zero-order valence-corrected chi connectivity index (χ0v) is 15.4. The highest BCUT2D eigenvalue weighted by molar-refractivity contribution is 5.85. The maximum Gasteiger partial charge on any atom is 0.207 e. The lowest BCUT2D eigenvalue weighted by molar-refractivity contribution is -0.189. The first kappa shape index (κ1) is 17.7. The maximum absolute atomic E-state index is 9.10. The molecule has 2 saturated heterocycles. The Hall–Kier alpha value is -2.74. The Kier molecular flexibility index (Phi) is 4.03. The molecule has 1 unspecified atom stereocenters. The molecule has 2 aromatic heterocycles. The summed E-state index contributed by atoms with van der Waals surface area (Å²) in [5.74, 6) is 5.14. The fourth-order valence-electron chi connectivity index (χ4n) is 3.51. The first-order chi connectivity index (χ1) is 12.8. The Balaban J connectivity index is 1.81. The van der Waals surface area contributed by atoms with Crippen LogP contribution in [0.4, 0.5) is 0 Å². The van der Waals surface area contributed by atoms with Crippen molar-refractivity contribution in [3.05, 3.63) is 17.8 Å². The molecular weight excluding hydrogens is 352 g/mol. The number of nitrogens with two attached hydrogens (primary N) is 1. The minimum Gasteiger partial charge on any atom is -0.409 e. The molecule has 0 spiro atoms. The average Bonchev–Trinajstić information content (AvgIpc) is 3.25. The number of aryl methyl sites for hydroxylation is 1. The summed E-state index contributed by atoms with van der Waals surface area (Å²) in [6.45, 7) is 7.17. The molecule has 2 aliphatic heterocycles. The van der Waals surface area contributed by atoms with Gasteiger partial charge in [0.05, 0.1) is 12.0 Å². The van der Waals surface area contributed by atoms with E-state index in [1.54, 1.807) is 31.7 Å². The molecule has 0 aliphatic carbocycles. The minimum absolute atomic E-state index is 0.0819. The molecule has 142 valence electrons. The molecule has 0 radical (unpaired) electrons. The lowest BCUT2D eigenvalue weighted by atomic mass is 10.1.